The lowest BCUT2D eigenvalue weighted by Gasteiger charge is -2.47. The Morgan fingerprint density at radius 2 is 1.34 bits per heavy atom. The highest BCUT2D eigenvalue weighted by molar-refractivity contribution is 6.47. The number of aromatic nitrogens is 1. The number of ketones is 2. The van der Waals surface area contributed by atoms with Crippen LogP contribution in [0.1, 0.15) is 160 Å². The number of aliphatic carboxylic acids is 1. The van der Waals surface area contributed by atoms with Gasteiger partial charge in [0.1, 0.15) is 31.6 Å². The Kier molecular flexibility index (Phi) is 38.6. The average molecular weight is 1210 g/mol. The molecule has 1 fully saturated rings. The van der Waals surface area contributed by atoms with E-state index in [1.165, 1.54) is 27.8 Å². The zero-order valence-electron chi connectivity index (χ0n) is 53.7. The third-order valence-electron chi connectivity index (χ3n) is 13.7. The number of hydrogen-bond donors (Lipinski definition) is 2. The molecule has 4 unspecified atom stereocenters. The molecule has 86 heavy (non-hydrogen) atoms. The highest BCUT2D eigenvalue weighted by atomic mass is 16.6. The zero-order valence-corrected chi connectivity index (χ0v) is 53.7. The molecular formula is C68H107N3O15. The second kappa shape index (κ2) is 40.7. The number of para-hydroxylation sites is 2. The van der Waals surface area contributed by atoms with Crippen molar-refractivity contribution in [2.45, 2.75) is 175 Å². The Balaban J connectivity index is 0. The van der Waals surface area contributed by atoms with Crippen LogP contribution in [0.4, 0.5) is 5.69 Å². The van der Waals surface area contributed by atoms with Crippen LogP contribution in [0.25, 0.3) is 22.0 Å². The summed E-state index contributed by atoms with van der Waals surface area (Å²) in [6, 6.07) is 16.3. The third-order valence-corrected chi connectivity index (χ3v) is 13.7. The summed E-state index contributed by atoms with van der Waals surface area (Å²) in [6.45, 7) is 35.6. The van der Waals surface area contributed by atoms with Crippen molar-refractivity contribution in [2.24, 2.45) is 10.8 Å². The summed E-state index contributed by atoms with van der Waals surface area (Å²) in [5, 5.41) is 25.8. The summed E-state index contributed by atoms with van der Waals surface area (Å²) >= 11 is 0. The van der Waals surface area contributed by atoms with Gasteiger partial charge in [-0.05, 0) is 83.3 Å². The lowest BCUT2D eigenvalue weighted by Crippen LogP contribution is -2.46. The number of carboxylic acids is 1. The third kappa shape index (κ3) is 25.0. The predicted octanol–water partition coefficient (Wildman–Crippen LogP) is 11.6. The maximum atomic E-state index is 13.5. The van der Waals surface area contributed by atoms with E-state index in [1.807, 2.05) is 50.2 Å². The number of ether oxygens (including phenoxy) is 7. The smallest absolute Gasteiger partial charge is 0.335 e. The molecule has 18 nitrogen and oxygen atoms in total. The molecule has 2 heterocycles. The summed E-state index contributed by atoms with van der Waals surface area (Å²) in [4.78, 5) is 67.6. The molecular weight excluding hydrogens is 1100 g/mol. The van der Waals surface area contributed by atoms with Crippen LogP contribution in [0.5, 0.6) is 0 Å². The number of nitrogens with zero attached hydrogens (tertiary/aromatic N) is 2. The molecule has 3 aromatic rings. The van der Waals surface area contributed by atoms with Crippen LogP contribution < -0.4 is 10.4 Å². The molecule has 4 atom stereocenters. The van der Waals surface area contributed by atoms with Crippen LogP contribution in [0, 0.1) is 17.8 Å². The number of carbonyl (C=O) groups is 6. The average Bonchev–Trinajstić information content (AvgIpc) is 1.80. The first-order valence-electron chi connectivity index (χ1n) is 28.7. The second-order valence-electron chi connectivity index (χ2n) is 22.2. The minimum atomic E-state index is -1.00. The number of amides is 1. The molecule has 0 bridgehead atoms. The number of hydrogen-bond acceptors (Lipinski definition) is 14. The SMILES string of the molecule is C.C.C=C(C)C(=O)OCC(COC)OC.C=C(C)C(=O)OCCOC.CC(=O)CCC1(C)CC(NC(C)=O)CC(C)(C)C1.CCC.CCC[N+]1=C(C)C(=C2C(=O)C(c3c(C)n(CC)c4ccccc34)=C2[O-])c2ccccc21.COCC(OC)C(=O)O. The number of aryl methyl sites for hydroxylation is 1. The first-order valence-corrected chi connectivity index (χ1v) is 28.7. The number of methoxy groups -OCH3 is 5. The van der Waals surface area contributed by atoms with Gasteiger partial charge in [-0.1, -0.05) is 112 Å². The van der Waals surface area contributed by atoms with Gasteiger partial charge in [0.25, 0.3) is 0 Å². The summed E-state index contributed by atoms with van der Waals surface area (Å²) in [5.74, 6) is -1.72. The number of rotatable bonds is 22. The van der Waals surface area contributed by atoms with Crippen molar-refractivity contribution in [3.8, 4) is 0 Å². The van der Waals surface area contributed by atoms with E-state index in [9.17, 15) is 33.9 Å². The van der Waals surface area contributed by atoms with E-state index >= 15 is 0 Å². The summed E-state index contributed by atoms with van der Waals surface area (Å²) in [6.07, 6.45) is 5.92. The lowest BCUT2D eigenvalue weighted by molar-refractivity contribution is -0.437. The van der Waals surface area contributed by atoms with Gasteiger partial charge < -0.3 is 58.0 Å². The largest absolute Gasteiger partial charge is 0.871 e. The highest BCUT2D eigenvalue weighted by Gasteiger charge is 2.42. The van der Waals surface area contributed by atoms with Crippen molar-refractivity contribution in [1.29, 1.82) is 0 Å². The maximum absolute atomic E-state index is 13.5. The van der Waals surface area contributed by atoms with Crippen LogP contribution >= 0.6 is 0 Å². The van der Waals surface area contributed by atoms with Gasteiger partial charge in [-0.3, -0.25) is 9.59 Å². The maximum Gasteiger partial charge on any atom is 0.335 e. The zero-order chi connectivity index (χ0) is 64.1. The van der Waals surface area contributed by atoms with Gasteiger partial charge in [-0.15, -0.1) is 0 Å². The van der Waals surface area contributed by atoms with Gasteiger partial charge in [-0.2, -0.15) is 4.58 Å². The monoisotopic (exact) mass is 1210 g/mol. The van der Waals surface area contributed by atoms with Crippen LogP contribution in [-0.2, 0) is 68.5 Å². The minimum Gasteiger partial charge on any atom is -0.871 e. The summed E-state index contributed by atoms with van der Waals surface area (Å²) < 4.78 is 37.5. The molecule has 6 rings (SSSR count). The standard InChI is InChI=1S/C27H26N2O2.C15H27NO2.C9H16O4.C7H12O3.C5H10O4.C3H8.2CH4/c1-5-15-29-17(4)23(19-12-8-10-14-21(19)29)25-26(30)24(27(25)31)22-16(3)28(6-2)20-13-9-7-11-18(20)22;1-11(17)6-7-15(5)9-13(16-12(2)18)8-14(3,4)10-15;1-7(2)9(10)13-6-8(12-4)5-11-3;1-6(2)7(8)10-5-4-9-3;1-8-3-4(9-2)5(6)7;1-3-2;;/h7-14H,5-6,15H2,1-4H3;13H,6-10H2,1-5H3,(H,16,18);8H,1,5-6H2,2-4H3;1,4-5H2,2-3H3;4H,3H2,1-2H3,(H,6,7);3H2,1-2H3;2*1H4. The predicted molar refractivity (Wildman–Crippen MR) is 342 cm³/mol. The molecule has 18 heteroatoms. The van der Waals surface area contributed by atoms with Crippen LogP contribution in [0.3, 0.4) is 0 Å². The van der Waals surface area contributed by atoms with E-state index in [2.05, 4.69) is 107 Å². The normalized spacial score (nSPS) is 17.5. The Bertz CT molecular complexity index is 2800. The molecule has 2 aliphatic carbocycles. The number of carbonyl (C=O) groups excluding carboxylic acids is 5. The minimum absolute atomic E-state index is 0. The molecule has 0 saturated heterocycles. The quantitative estimate of drug-likeness (QED) is 0.0412. The number of Topliss-reactive ketones (excluding diaryl/α,β-unsaturated/α-hetero) is 2. The first kappa shape index (κ1) is 81.5. The van der Waals surface area contributed by atoms with Crippen molar-refractivity contribution >= 4 is 68.8 Å². The number of esters is 2. The molecule has 1 amide bonds. The molecule has 3 aliphatic rings. The molecule has 2 aromatic carbocycles. The molecule has 0 radical (unpaired) electrons. The second-order valence-corrected chi connectivity index (χ2v) is 22.2. The molecule has 0 spiro atoms. The van der Waals surface area contributed by atoms with Crippen molar-refractivity contribution in [1.82, 2.24) is 9.88 Å². The molecule has 1 saturated carbocycles. The lowest BCUT2D eigenvalue weighted by atomic mass is 9.61. The van der Waals surface area contributed by atoms with E-state index < -0.39 is 18.0 Å². The molecule has 484 valence electrons. The first-order chi connectivity index (χ1) is 39.6. The Morgan fingerprint density at radius 3 is 1.81 bits per heavy atom. The fourth-order valence-corrected chi connectivity index (χ4v) is 10.3. The Labute approximate surface area is 515 Å². The van der Waals surface area contributed by atoms with Gasteiger partial charge in [0, 0.05) is 125 Å². The van der Waals surface area contributed by atoms with Gasteiger partial charge in [0.05, 0.1) is 31.0 Å². The van der Waals surface area contributed by atoms with E-state index in [4.69, 9.17) is 19.3 Å². The fraction of sp³-hybridized carbons (Fsp3) is 0.574. The van der Waals surface area contributed by atoms with Gasteiger partial charge >= 0.3 is 17.9 Å². The van der Waals surface area contributed by atoms with Crippen LogP contribution in [-0.4, -0.2) is 149 Å². The van der Waals surface area contributed by atoms with Crippen LogP contribution in [0.2, 0.25) is 0 Å². The van der Waals surface area contributed by atoms with E-state index in [0.29, 0.717) is 48.5 Å². The van der Waals surface area contributed by atoms with Crippen molar-refractivity contribution in [3.63, 3.8) is 0 Å². The van der Waals surface area contributed by atoms with E-state index in [-0.39, 0.29) is 80.2 Å². The van der Waals surface area contributed by atoms with Gasteiger partial charge in [0.2, 0.25) is 11.6 Å². The molecule has 1 aliphatic heterocycles. The highest BCUT2D eigenvalue weighted by Crippen LogP contribution is 2.49. The van der Waals surface area contributed by atoms with Crippen LogP contribution in [0.15, 0.2) is 84.2 Å². The fourth-order valence-electron chi connectivity index (χ4n) is 10.3. The Hall–Kier alpha value is -6.57. The number of carboxylic acid groups (broad SMARTS) is 1. The summed E-state index contributed by atoms with van der Waals surface area (Å²) in [7, 11) is 7.41. The Morgan fingerprint density at radius 1 is 0.767 bits per heavy atom. The number of fused-ring (bicyclic) bond motifs is 2. The number of nitrogens with one attached hydrogen (secondary N) is 1. The van der Waals surface area contributed by atoms with E-state index in [1.54, 1.807) is 41.9 Å². The molecule has 2 N–H and O–H groups in total. The summed E-state index contributed by atoms with van der Waals surface area (Å²) in [5.41, 5.74) is 8.57. The van der Waals surface area contributed by atoms with Gasteiger partial charge in [0.15, 0.2) is 17.6 Å². The van der Waals surface area contributed by atoms with Gasteiger partial charge in [-0.25, -0.2) is 14.4 Å². The number of benzene rings is 2. The van der Waals surface area contributed by atoms with Crippen molar-refractivity contribution < 1.29 is 76.7 Å². The number of allylic oxidation sites excluding steroid dienone is 3. The molecule has 1 aromatic heterocycles. The van der Waals surface area contributed by atoms with E-state index in [0.717, 1.165) is 89.9 Å². The topological polar surface area (TPSA) is 230 Å². The van der Waals surface area contributed by atoms with Crippen molar-refractivity contribution in [3.05, 3.63) is 101 Å². The van der Waals surface area contributed by atoms with Crippen molar-refractivity contribution in [2.75, 3.05) is 75.1 Å².